The number of nitro groups is 1. The molecule has 1 aromatic carbocycles. The number of hydrogen-bond donors (Lipinski definition) is 1. The molecule has 1 aromatic rings. The van der Waals surface area contributed by atoms with E-state index in [1.807, 2.05) is 0 Å². The average Bonchev–Trinajstić information content (AvgIpc) is 2.46. The topological polar surface area (TPSA) is 101 Å². The summed E-state index contributed by atoms with van der Waals surface area (Å²) in [5, 5.41) is 19.9. The molecule has 1 amide bonds. The molecule has 0 radical (unpaired) electrons. The van der Waals surface area contributed by atoms with Crippen LogP contribution in [0, 0.1) is 10.1 Å². The first-order valence-corrected chi connectivity index (χ1v) is 6.29. The molecule has 0 spiro atoms. The van der Waals surface area contributed by atoms with Gasteiger partial charge in [0.1, 0.15) is 6.04 Å². The Kier molecular flexibility index (Phi) is 3.97. The van der Waals surface area contributed by atoms with Crippen LogP contribution < -0.4 is 0 Å². The third-order valence-corrected chi connectivity index (χ3v) is 3.35. The minimum atomic E-state index is -1.04. The van der Waals surface area contributed by atoms with E-state index in [-0.39, 0.29) is 11.3 Å². The number of aliphatic carboxylic acids is 1. The fourth-order valence-corrected chi connectivity index (χ4v) is 2.35. The predicted molar refractivity (Wildman–Crippen MR) is 69.4 cm³/mol. The first kappa shape index (κ1) is 14.0. The molecular weight excluding hydrogens is 264 g/mol. The second kappa shape index (κ2) is 5.68. The predicted octanol–water partition coefficient (Wildman–Crippen LogP) is 1.67. The number of carboxylic acids is 1. The number of nitro benzene ring substituents is 1. The SMILES string of the molecule is O=C(O)[C@H]1CCCCN1C(=O)c1cccc([N+](=O)[O-])c1. The molecule has 1 fully saturated rings. The van der Waals surface area contributed by atoms with Crippen molar-refractivity contribution >= 4 is 17.6 Å². The van der Waals surface area contributed by atoms with Gasteiger partial charge in [-0.05, 0) is 25.3 Å². The summed E-state index contributed by atoms with van der Waals surface area (Å²) in [6.45, 7) is 0.360. The van der Waals surface area contributed by atoms with Gasteiger partial charge in [-0.1, -0.05) is 6.07 Å². The molecule has 106 valence electrons. The number of amides is 1. The van der Waals surface area contributed by atoms with E-state index in [4.69, 9.17) is 5.11 Å². The maximum atomic E-state index is 12.3. The molecule has 1 N–H and O–H groups in total. The molecule has 1 atom stereocenters. The molecule has 1 aliphatic rings. The van der Waals surface area contributed by atoms with Crippen LogP contribution in [0.2, 0.25) is 0 Å². The van der Waals surface area contributed by atoms with Crippen LogP contribution >= 0.6 is 0 Å². The zero-order chi connectivity index (χ0) is 14.7. The monoisotopic (exact) mass is 278 g/mol. The standard InChI is InChI=1S/C13H14N2O5/c16-12(9-4-3-5-10(8-9)15(19)20)14-7-2-1-6-11(14)13(17)18/h3-5,8,11H,1-2,6-7H2,(H,17,18)/t11-/m1/s1. The summed E-state index contributed by atoms with van der Waals surface area (Å²) in [6.07, 6.45) is 1.91. The third kappa shape index (κ3) is 2.76. The highest BCUT2D eigenvalue weighted by Crippen LogP contribution is 2.21. The number of benzene rings is 1. The number of nitrogens with zero attached hydrogens (tertiary/aromatic N) is 2. The van der Waals surface area contributed by atoms with E-state index < -0.39 is 22.8 Å². The van der Waals surface area contributed by atoms with E-state index in [1.165, 1.54) is 29.2 Å². The van der Waals surface area contributed by atoms with Gasteiger partial charge in [0.15, 0.2) is 0 Å². The third-order valence-electron chi connectivity index (χ3n) is 3.35. The molecule has 0 bridgehead atoms. The van der Waals surface area contributed by atoms with Gasteiger partial charge < -0.3 is 10.0 Å². The van der Waals surface area contributed by atoms with Crippen LogP contribution in [0.4, 0.5) is 5.69 Å². The Bertz CT molecular complexity index is 557. The number of hydrogen-bond acceptors (Lipinski definition) is 4. The summed E-state index contributed by atoms with van der Waals surface area (Å²) in [5.74, 6) is -1.51. The molecule has 2 rings (SSSR count). The molecule has 0 saturated carbocycles. The van der Waals surface area contributed by atoms with Crippen molar-refractivity contribution in [3.8, 4) is 0 Å². The van der Waals surface area contributed by atoms with Crippen molar-refractivity contribution < 1.29 is 19.6 Å². The van der Waals surface area contributed by atoms with Gasteiger partial charge in [-0.2, -0.15) is 0 Å². The molecule has 7 nitrogen and oxygen atoms in total. The van der Waals surface area contributed by atoms with Gasteiger partial charge in [0.05, 0.1) is 4.92 Å². The number of piperidine rings is 1. The van der Waals surface area contributed by atoms with Crippen LogP contribution in [0.25, 0.3) is 0 Å². The number of carbonyl (C=O) groups excluding carboxylic acids is 1. The summed E-state index contributed by atoms with van der Waals surface area (Å²) in [6, 6.07) is 4.50. The number of rotatable bonds is 3. The molecule has 1 saturated heterocycles. The Labute approximate surface area is 115 Å². The quantitative estimate of drug-likeness (QED) is 0.669. The minimum Gasteiger partial charge on any atom is -0.480 e. The highest BCUT2D eigenvalue weighted by atomic mass is 16.6. The number of carbonyl (C=O) groups is 2. The van der Waals surface area contributed by atoms with Crippen LogP contribution in [-0.4, -0.2) is 39.4 Å². The maximum absolute atomic E-state index is 12.3. The van der Waals surface area contributed by atoms with Gasteiger partial charge in [0.25, 0.3) is 11.6 Å². The molecular formula is C13H14N2O5. The molecule has 0 unspecified atom stereocenters. The number of non-ortho nitro benzene ring substituents is 1. The van der Waals surface area contributed by atoms with Gasteiger partial charge in [-0.25, -0.2) is 4.79 Å². The Morgan fingerprint density at radius 3 is 2.75 bits per heavy atom. The van der Waals surface area contributed by atoms with E-state index >= 15 is 0 Å². The van der Waals surface area contributed by atoms with Gasteiger partial charge in [0.2, 0.25) is 0 Å². The first-order chi connectivity index (χ1) is 9.50. The molecule has 0 aromatic heterocycles. The van der Waals surface area contributed by atoms with Crippen LogP contribution in [0.15, 0.2) is 24.3 Å². The number of likely N-dealkylation sites (tertiary alicyclic amines) is 1. The van der Waals surface area contributed by atoms with E-state index in [0.717, 1.165) is 12.8 Å². The first-order valence-electron chi connectivity index (χ1n) is 6.29. The Hall–Kier alpha value is -2.44. The summed E-state index contributed by atoms with van der Waals surface area (Å²) >= 11 is 0. The fraction of sp³-hybridized carbons (Fsp3) is 0.385. The van der Waals surface area contributed by atoms with Crippen molar-refractivity contribution in [1.82, 2.24) is 4.90 Å². The zero-order valence-electron chi connectivity index (χ0n) is 10.7. The highest BCUT2D eigenvalue weighted by molar-refractivity contribution is 5.97. The Morgan fingerprint density at radius 1 is 1.35 bits per heavy atom. The van der Waals surface area contributed by atoms with E-state index in [0.29, 0.717) is 13.0 Å². The fourth-order valence-electron chi connectivity index (χ4n) is 2.35. The van der Waals surface area contributed by atoms with Crippen molar-refractivity contribution in [3.05, 3.63) is 39.9 Å². The Morgan fingerprint density at radius 2 is 2.10 bits per heavy atom. The summed E-state index contributed by atoms with van der Waals surface area (Å²) in [5.41, 5.74) is -0.0351. The van der Waals surface area contributed by atoms with E-state index in [2.05, 4.69) is 0 Å². The minimum absolute atomic E-state index is 0.146. The van der Waals surface area contributed by atoms with Crippen molar-refractivity contribution in [2.24, 2.45) is 0 Å². The zero-order valence-corrected chi connectivity index (χ0v) is 10.7. The highest BCUT2D eigenvalue weighted by Gasteiger charge is 2.32. The lowest BCUT2D eigenvalue weighted by Gasteiger charge is -2.32. The van der Waals surface area contributed by atoms with Gasteiger partial charge in [0, 0.05) is 24.2 Å². The second-order valence-corrected chi connectivity index (χ2v) is 4.66. The van der Waals surface area contributed by atoms with Crippen molar-refractivity contribution in [2.45, 2.75) is 25.3 Å². The van der Waals surface area contributed by atoms with Gasteiger partial charge >= 0.3 is 5.97 Å². The van der Waals surface area contributed by atoms with Crippen LogP contribution in [0.1, 0.15) is 29.6 Å². The van der Waals surface area contributed by atoms with Crippen LogP contribution in [0.5, 0.6) is 0 Å². The molecule has 20 heavy (non-hydrogen) atoms. The molecule has 1 aliphatic heterocycles. The Balaban J connectivity index is 2.27. The largest absolute Gasteiger partial charge is 0.480 e. The number of carboxylic acid groups (broad SMARTS) is 1. The summed E-state index contributed by atoms with van der Waals surface area (Å²) < 4.78 is 0. The molecule has 1 heterocycles. The van der Waals surface area contributed by atoms with Crippen LogP contribution in [0.3, 0.4) is 0 Å². The summed E-state index contributed by atoms with van der Waals surface area (Å²) in [7, 11) is 0. The molecule has 7 heteroatoms. The molecule has 0 aliphatic carbocycles. The lowest BCUT2D eigenvalue weighted by atomic mass is 10.0. The van der Waals surface area contributed by atoms with Crippen LogP contribution in [-0.2, 0) is 4.79 Å². The van der Waals surface area contributed by atoms with Crippen molar-refractivity contribution in [3.63, 3.8) is 0 Å². The van der Waals surface area contributed by atoms with Crippen molar-refractivity contribution in [2.75, 3.05) is 6.54 Å². The maximum Gasteiger partial charge on any atom is 0.326 e. The normalized spacial score (nSPS) is 18.6. The van der Waals surface area contributed by atoms with Gasteiger partial charge in [-0.15, -0.1) is 0 Å². The lowest BCUT2D eigenvalue weighted by molar-refractivity contribution is -0.384. The van der Waals surface area contributed by atoms with E-state index in [1.54, 1.807) is 0 Å². The second-order valence-electron chi connectivity index (χ2n) is 4.66. The van der Waals surface area contributed by atoms with E-state index in [9.17, 15) is 19.7 Å². The van der Waals surface area contributed by atoms with Gasteiger partial charge in [-0.3, -0.25) is 14.9 Å². The average molecular weight is 278 g/mol. The van der Waals surface area contributed by atoms with Crippen molar-refractivity contribution in [1.29, 1.82) is 0 Å². The smallest absolute Gasteiger partial charge is 0.326 e. The summed E-state index contributed by atoms with van der Waals surface area (Å²) in [4.78, 5) is 34.9. The lowest BCUT2D eigenvalue weighted by Crippen LogP contribution is -2.47.